The predicted molar refractivity (Wildman–Crippen MR) is 72.7 cm³/mol. The average Bonchev–Trinajstić information content (AvgIpc) is 2.32. The third-order valence-corrected chi connectivity index (χ3v) is 3.16. The van der Waals surface area contributed by atoms with Crippen LogP contribution in [0.4, 0.5) is 0 Å². The summed E-state index contributed by atoms with van der Waals surface area (Å²) in [6.45, 7) is 4.81. The van der Waals surface area contributed by atoms with Crippen LogP contribution in [0.25, 0.3) is 0 Å². The molecule has 2 amide bonds. The van der Waals surface area contributed by atoms with E-state index in [4.69, 9.17) is 10.8 Å². The Kier molecular flexibility index (Phi) is 5.26. The number of carboxylic acid groups (broad SMARTS) is 1. The van der Waals surface area contributed by atoms with Crippen LogP contribution in [-0.2, 0) is 14.4 Å². The zero-order valence-corrected chi connectivity index (χ0v) is 11.8. The van der Waals surface area contributed by atoms with Crippen molar-refractivity contribution in [1.29, 1.82) is 0 Å². The van der Waals surface area contributed by atoms with Gasteiger partial charge in [-0.15, -0.1) is 0 Å². The van der Waals surface area contributed by atoms with Gasteiger partial charge in [0.1, 0.15) is 0 Å². The van der Waals surface area contributed by atoms with Crippen LogP contribution in [0.1, 0.15) is 27.2 Å². The number of hydrogen-bond acceptors (Lipinski definition) is 4. The highest BCUT2D eigenvalue weighted by Crippen LogP contribution is 2.19. The van der Waals surface area contributed by atoms with Crippen molar-refractivity contribution in [2.45, 2.75) is 45.3 Å². The number of carbonyl (C=O) groups is 3. The van der Waals surface area contributed by atoms with Crippen LogP contribution < -0.4 is 16.4 Å². The fourth-order valence-electron chi connectivity index (χ4n) is 2.09. The Hall–Kier alpha value is -1.89. The molecule has 0 aromatic heterocycles. The minimum atomic E-state index is -1.06. The van der Waals surface area contributed by atoms with Gasteiger partial charge in [-0.2, -0.15) is 0 Å². The van der Waals surface area contributed by atoms with E-state index in [1.165, 1.54) is 13.0 Å². The van der Waals surface area contributed by atoms with Crippen LogP contribution in [-0.4, -0.2) is 41.0 Å². The molecule has 0 heterocycles. The van der Waals surface area contributed by atoms with E-state index in [1.54, 1.807) is 13.8 Å². The zero-order valence-electron chi connectivity index (χ0n) is 11.8. The van der Waals surface area contributed by atoms with Crippen molar-refractivity contribution < 1.29 is 19.5 Å². The molecular weight excluding hydrogens is 262 g/mol. The maximum Gasteiger partial charge on any atom is 0.331 e. The van der Waals surface area contributed by atoms with Crippen molar-refractivity contribution in [1.82, 2.24) is 10.6 Å². The molecule has 20 heavy (non-hydrogen) atoms. The lowest BCUT2D eigenvalue weighted by molar-refractivity contribution is -0.133. The summed E-state index contributed by atoms with van der Waals surface area (Å²) >= 11 is 0. The number of nitrogens with one attached hydrogen (secondary N) is 2. The lowest BCUT2D eigenvalue weighted by atomic mass is 9.86. The fraction of sp³-hybridized carbons (Fsp3) is 0.615. The van der Waals surface area contributed by atoms with E-state index in [1.807, 2.05) is 0 Å². The summed E-state index contributed by atoms with van der Waals surface area (Å²) in [4.78, 5) is 34.1. The number of nitrogens with two attached hydrogens (primary N) is 1. The smallest absolute Gasteiger partial charge is 0.331 e. The number of carboxylic acids is 1. The van der Waals surface area contributed by atoms with Crippen LogP contribution in [0.15, 0.2) is 11.6 Å². The Morgan fingerprint density at radius 1 is 1.35 bits per heavy atom. The lowest BCUT2D eigenvalue weighted by Gasteiger charge is -2.35. The molecule has 0 aromatic carbocycles. The van der Waals surface area contributed by atoms with Gasteiger partial charge in [0, 0.05) is 24.5 Å². The second-order valence-corrected chi connectivity index (χ2v) is 5.28. The van der Waals surface area contributed by atoms with Crippen molar-refractivity contribution in [2.24, 2.45) is 11.7 Å². The van der Waals surface area contributed by atoms with Crippen molar-refractivity contribution in [2.75, 3.05) is 0 Å². The number of amides is 2. The maximum absolute atomic E-state index is 11.8. The summed E-state index contributed by atoms with van der Waals surface area (Å²) in [5.74, 6) is -1.81. The van der Waals surface area contributed by atoms with Gasteiger partial charge in [0.05, 0.1) is 12.1 Å². The third kappa shape index (κ3) is 4.06. The fourth-order valence-corrected chi connectivity index (χ4v) is 2.09. The normalized spacial score (nSPS) is 25.9. The zero-order chi connectivity index (χ0) is 15.4. The van der Waals surface area contributed by atoms with Gasteiger partial charge in [0.25, 0.3) is 0 Å². The molecule has 0 spiro atoms. The Morgan fingerprint density at radius 3 is 2.40 bits per heavy atom. The first-order valence-electron chi connectivity index (χ1n) is 6.49. The predicted octanol–water partition coefficient (Wildman–Crippen LogP) is -0.626. The van der Waals surface area contributed by atoms with E-state index in [0.717, 1.165) is 0 Å². The van der Waals surface area contributed by atoms with Gasteiger partial charge >= 0.3 is 5.97 Å². The summed E-state index contributed by atoms with van der Waals surface area (Å²) in [5, 5.41) is 14.4. The van der Waals surface area contributed by atoms with E-state index < -0.39 is 24.1 Å². The molecule has 7 heteroatoms. The van der Waals surface area contributed by atoms with Crippen LogP contribution >= 0.6 is 0 Å². The molecule has 112 valence electrons. The summed E-state index contributed by atoms with van der Waals surface area (Å²) in [7, 11) is 0. The summed E-state index contributed by atoms with van der Waals surface area (Å²) < 4.78 is 0. The molecule has 1 aliphatic carbocycles. The van der Waals surface area contributed by atoms with Crippen molar-refractivity contribution in [3.05, 3.63) is 11.6 Å². The molecular formula is C13H21N3O4. The Balaban J connectivity index is 2.99. The molecule has 0 saturated heterocycles. The van der Waals surface area contributed by atoms with E-state index in [0.29, 0.717) is 0 Å². The van der Waals surface area contributed by atoms with Gasteiger partial charge in [-0.3, -0.25) is 9.59 Å². The highest BCUT2D eigenvalue weighted by molar-refractivity contribution is 5.88. The van der Waals surface area contributed by atoms with E-state index in [9.17, 15) is 14.4 Å². The van der Waals surface area contributed by atoms with Gasteiger partial charge in [-0.1, -0.05) is 13.8 Å². The number of rotatable bonds is 4. The first-order chi connectivity index (χ1) is 9.22. The van der Waals surface area contributed by atoms with Crippen LogP contribution in [0.5, 0.6) is 0 Å². The number of carbonyl (C=O) groups excluding carboxylic acids is 2. The Morgan fingerprint density at radius 2 is 1.95 bits per heavy atom. The first kappa shape index (κ1) is 16.2. The molecule has 1 rings (SSSR count). The second-order valence-electron chi connectivity index (χ2n) is 5.28. The van der Waals surface area contributed by atoms with E-state index in [-0.39, 0.29) is 29.7 Å². The van der Waals surface area contributed by atoms with Gasteiger partial charge < -0.3 is 21.5 Å². The molecule has 0 saturated carbocycles. The van der Waals surface area contributed by atoms with Crippen molar-refractivity contribution >= 4 is 17.8 Å². The van der Waals surface area contributed by atoms with Crippen LogP contribution in [0.2, 0.25) is 0 Å². The molecule has 3 atom stereocenters. The molecule has 1 aliphatic rings. The summed E-state index contributed by atoms with van der Waals surface area (Å²) in [6.07, 6.45) is 1.60. The minimum absolute atomic E-state index is 0.146. The molecule has 0 unspecified atom stereocenters. The Labute approximate surface area is 117 Å². The molecule has 0 aliphatic heterocycles. The second kappa shape index (κ2) is 6.51. The van der Waals surface area contributed by atoms with Gasteiger partial charge in [0.2, 0.25) is 11.8 Å². The molecule has 0 bridgehead atoms. The van der Waals surface area contributed by atoms with Crippen molar-refractivity contribution in [3.63, 3.8) is 0 Å². The van der Waals surface area contributed by atoms with E-state index >= 15 is 0 Å². The van der Waals surface area contributed by atoms with Crippen molar-refractivity contribution in [3.8, 4) is 0 Å². The maximum atomic E-state index is 11.8. The van der Waals surface area contributed by atoms with Gasteiger partial charge in [0.15, 0.2) is 0 Å². The molecule has 5 N–H and O–H groups in total. The topological polar surface area (TPSA) is 122 Å². The lowest BCUT2D eigenvalue weighted by Crippen LogP contribution is -2.61. The number of hydrogen-bond donors (Lipinski definition) is 4. The highest BCUT2D eigenvalue weighted by Gasteiger charge is 2.34. The molecule has 0 fully saturated rings. The highest BCUT2D eigenvalue weighted by atomic mass is 16.4. The largest absolute Gasteiger partial charge is 0.478 e. The van der Waals surface area contributed by atoms with E-state index in [2.05, 4.69) is 10.6 Å². The first-order valence-corrected chi connectivity index (χ1v) is 6.49. The number of aliphatic carboxylic acids is 1. The minimum Gasteiger partial charge on any atom is -0.478 e. The molecule has 7 nitrogen and oxygen atoms in total. The van der Waals surface area contributed by atoms with Gasteiger partial charge in [-0.25, -0.2) is 4.79 Å². The Bertz CT molecular complexity index is 445. The van der Waals surface area contributed by atoms with Crippen LogP contribution in [0.3, 0.4) is 0 Å². The molecule has 0 aromatic rings. The summed E-state index contributed by atoms with van der Waals surface area (Å²) in [5.41, 5.74) is 6.07. The van der Waals surface area contributed by atoms with Crippen LogP contribution in [0, 0.1) is 5.92 Å². The third-order valence-electron chi connectivity index (χ3n) is 3.16. The SMILES string of the molecule is CC(=O)N[C@@H]1[C@@H](N)CC(C(=O)O)=C[C@H]1NC(=O)C(C)C. The average molecular weight is 283 g/mol. The van der Waals surface area contributed by atoms with Gasteiger partial charge in [-0.05, 0) is 12.5 Å². The quantitative estimate of drug-likeness (QED) is 0.547. The summed E-state index contributed by atoms with van der Waals surface area (Å²) in [6, 6.07) is -1.70. The molecule has 0 radical (unpaired) electrons. The standard InChI is InChI=1S/C13H21N3O4/c1-6(2)12(18)16-10-5-8(13(19)20)4-9(14)11(10)15-7(3)17/h5-6,9-11H,4,14H2,1-3H3,(H,15,17)(H,16,18)(H,19,20)/t9-,10+,11+/m0/s1. The monoisotopic (exact) mass is 283 g/mol.